The van der Waals surface area contributed by atoms with Crippen LogP contribution in [0.25, 0.3) is 10.8 Å². The van der Waals surface area contributed by atoms with Gasteiger partial charge in [0.05, 0.1) is 12.4 Å². The summed E-state index contributed by atoms with van der Waals surface area (Å²) in [5.41, 5.74) is 3.67. The first-order valence-corrected chi connectivity index (χ1v) is 9.69. The lowest BCUT2D eigenvalue weighted by molar-refractivity contribution is -0.115. The van der Waals surface area contributed by atoms with E-state index in [0.29, 0.717) is 0 Å². The summed E-state index contributed by atoms with van der Waals surface area (Å²) >= 11 is 1.55. The van der Waals surface area contributed by atoms with Crippen molar-refractivity contribution < 1.29 is 9.53 Å². The number of nitrogens with one attached hydrogen (secondary N) is 1. The van der Waals surface area contributed by atoms with Gasteiger partial charge in [0.2, 0.25) is 5.91 Å². The van der Waals surface area contributed by atoms with E-state index in [9.17, 15) is 4.79 Å². The maximum Gasteiger partial charge on any atom is 0.237 e. The molecule has 4 rings (SSSR count). The van der Waals surface area contributed by atoms with Crippen LogP contribution in [0, 0.1) is 0 Å². The predicted octanol–water partition coefficient (Wildman–Crippen LogP) is 5.07. The zero-order valence-electron chi connectivity index (χ0n) is 14.9. The van der Waals surface area contributed by atoms with Gasteiger partial charge in [-0.25, -0.2) is 0 Å². The molecule has 3 aromatic carbocycles. The Balaban J connectivity index is 1.52. The molecule has 0 bridgehead atoms. The number of hydrogen-bond donors (Lipinski definition) is 1. The second-order valence-corrected chi connectivity index (χ2v) is 7.95. The molecule has 1 aliphatic rings. The van der Waals surface area contributed by atoms with Gasteiger partial charge in [-0.2, -0.15) is 0 Å². The van der Waals surface area contributed by atoms with Gasteiger partial charge in [0.25, 0.3) is 0 Å². The van der Waals surface area contributed by atoms with Crippen molar-refractivity contribution in [1.29, 1.82) is 0 Å². The number of rotatable bonds is 5. The van der Waals surface area contributed by atoms with Crippen molar-refractivity contribution in [2.75, 3.05) is 12.4 Å². The average Bonchev–Trinajstić information content (AvgIpc) is 3.09. The number of hydrogen-bond acceptors (Lipinski definition) is 3. The van der Waals surface area contributed by atoms with Crippen LogP contribution < -0.4 is 10.1 Å². The second-order valence-electron chi connectivity index (χ2n) is 6.54. The van der Waals surface area contributed by atoms with Crippen molar-refractivity contribution in [2.24, 2.45) is 0 Å². The van der Waals surface area contributed by atoms with Gasteiger partial charge in [0.15, 0.2) is 0 Å². The first kappa shape index (κ1) is 17.0. The van der Waals surface area contributed by atoms with E-state index in [2.05, 4.69) is 29.6 Å². The Morgan fingerprint density at radius 1 is 1.04 bits per heavy atom. The summed E-state index contributed by atoms with van der Waals surface area (Å²) in [5, 5.41) is 5.40. The lowest BCUT2D eigenvalue weighted by atomic mass is 10.0. The monoisotopic (exact) mass is 363 g/mol. The summed E-state index contributed by atoms with van der Waals surface area (Å²) in [5.74, 6) is 0.837. The van der Waals surface area contributed by atoms with Crippen molar-refractivity contribution in [3.63, 3.8) is 0 Å². The van der Waals surface area contributed by atoms with E-state index in [4.69, 9.17) is 4.74 Å². The molecule has 26 heavy (non-hydrogen) atoms. The molecule has 0 saturated carbocycles. The largest absolute Gasteiger partial charge is 0.497 e. The zero-order valence-corrected chi connectivity index (χ0v) is 15.7. The fourth-order valence-corrected chi connectivity index (χ4v) is 4.37. The van der Waals surface area contributed by atoms with E-state index in [1.807, 2.05) is 37.3 Å². The predicted molar refractivity (Wildman–Crippen MR) is 108 cm³/mol. The lowest BCUT2D eigenvalue weighted by Crippen LogP contribution is -2.22. The maximum absolute atomic E-state index is 12.7. The van der Waals surface area contributed by atoms with Crippen molar-refractivity contribution in [1.82, 2.24) is 0 Å². The van der Waals surface area contributed by atoms with Crippen molar-refractivity contribution in [3.8, 4) is 5.75 Å². The molecule has 0 unspecified atom stereocenters. The molecule has 1 N–H and O–H groups in total. The highest BCUT2D eigenvalue weighted by molar-refractivity contribution is 8.00. The Morgan fingerprint density at radius 3 is 2.50 bits per heavy atom. The number of aryl methyl sites for hydroxylation is 2. The van der Waals surface area contributed by atoms with Crippen LogP contribution in [0.2, 0.25) is 0 Å². The Bertz CT molecular complexity index is 956. The number of amides is 1. The topological polar surface area (TPSA) is 38.3 Å². The molecule has 0 saturated heterocycles. The quantitative estimate of drug-likeness (QED) is 0.644. The first-order valence-electron chi connectivity index (χ1n) is 8.81. The molecule has 1 amide bonds. The maximum atomic E-state index is 12.7. The molecule has 0 heterocycles. The van der Waals surface area contributed by atoms with Crippen LogP contribution in [0.4, 0.5) is 5.69 Å². The Morgan fingerprint density at radius 2 is 1.77 bits per heavy atom. The average molecular weight is 363 g/mol. The van der Waals surface area contributed by atoms with Crippen LogP contribution in [0.5, 0.6) is 5.75 Å². The molecule has 0 radical (unpaired) electrons. The Labute approximate surface area is 157 Å². The lowest BCUT2D eigenvalue weighted by Gasteiger charge is -2.14. The van der Waals surface area contributed by atoms with Crippen molar-refractivity contribution >= 4 is 34.1 Å². The van der Waals surface area contributed by atoms with Crippen LogP contribution in [0.3, 0.4) is 0 Å². The number of anilines is 1. The molecule has 0 spiro atoms. The number of carbonyl (C=O) groups excluding carboxylic acids is 1. The molecular formula is C22H21NO2S. The summed E-state index contributed by atoms with van der Waals surface area (Å²) in [6, 6.07) is 18.3. The van der Waals surface area contributed by atoms with E-state index in [0.717, 1.165) is 34.6 Å². The fourth-order valence-electron chi connectivity index (χ4n) is 3.50. The minimum absolute atomic E-state index is 0.0181. The van der Waals surface area contributed by atoms with Crippen LogP contribution >= 0.6 is 11.8 Å². The normalized spacial score (nSPS) is 13.6. The molecule has 0 aliphatic heterocycles. The SMILES string of the molecule is COc1ccc(S[C@H](C)C(=O)Nc2ccc3c4c(cccc24)CC3)cc1. The highest BCUT2D eigenvalue weighted by Gasteiger charge is 2.19. The number of thioether (sulfide) groups is 1. The van der Waals surface area contributed by atoms with Crippen LogP contribution in [0.1, 0.15) is 18.1 Å². The highest BCUT2D eigenvalue weighted by atomic mass is 32.2. The third-order valence-electron chi connectivity index (χ3n) is 4.88. The van der Waals surface area contributed by atoms with Crippen molar-refractivity contribution in [2.45, 2.75) is 29.9 Å². The Kier molecular flexibility index (Phi) is 4.60. The summed E-state index contributed by atoms with van der Waals surface area (Å²) in [6.07, 6.45) is 2.18. The molecule has 132 valence electrons. The number of benzene rings is 3. The van der Waals surface area contributed by atoms with Gasteiger partial charge in [0, 0.05) is 16.0 Å². The highest BCUT2D eigenvalue weighted by Crippen LogP contribution is 2.35. The molecule has 0 fully saturated rings. The van der Waals surface area contributed by atoms with Gasteiger partial charge < -0.3 is 10.1 Å². The summed E-state index contributed by atoms with van der Waals surface area (Å²) in [4.78, 5) is 13.8. The van der Waals surface area contributed by atoms with Gasteiger partial charge in [-0.15, -0.1) is 11.8 Å². The third-order valence-corrected chi connectivity index (χ3v) is 5.99. The molecule has 1 aliphatic carbocycles. The summed E-state index contributed by atoms with van der Waals surface area (Å²) in [7, 11) is 1.65. The van der Waals surface area contributed by atoms with E-state index >= 15 is 0 Å². The molecular weight excluding hydrogens is 342 g/mol. The van der Waals surface area contributed by atoms with E-state index in [-0.39, 0.29) is 11.2 Å². The number of ether oxygens (including phenoxy) is 1. The van der Waals surface area contributed by atoms with Crippen LogP contribution in [0.15, 0.2) is 59.5 Å². The van der Waals surface area contributed by atoms with E-state index < -0.39 is 0 Å². The smallest absolute Gasteiger partial charge is 0.237 e. The molecule has 4 heteroatoms. The van der Waals surface area contributed by atoms with Gasteiger partial charge in [0.1, 0.15) is 5.75 Å². The van der Waals surface area contributed by atoms with E-state index in [1.54, 1.807) is 18.9 Å². The van der Waals surface area contributed by atoms with Crippen molar-refractivity contribution in [3.05, 3.63) is 65.7 Å². The zero-order chi connectivity index (χ0) is 18.1. The van der Waals surface area contributed by atoms with Gasteiger partial charge in [-0.3, -0.25) is 4.79 Å². The fraction of sp³-hybridized carbons (Fsp3) is 0.227. The number of carbonyl (C=O) groups is 1. The van der Waals surface area contributed by atoms with Gasteiger partial charge in [-0.05, 0) is 66.6 Å². The Hall–Kier alpha value is -2.46. The summed E-state index contributed by atoms with van der Waals surface area (Å²) in [6.45, 7) is 1.93. The summed E-state index contributed by atoms with van der Waals surface area (Å²) < 4.78 is 5.18. The minimum Gasteiger partial charge on any atom is -0.497 e. The van der Waals surface area contributed by atoms with E-state index in [1.165, 1.54) is 16.5 Å². The molecule has 1 atom stereocenters. The molecule has 3 nitrogen and oxygen atoms in total. The molecule has 0 aromatic heterocycles. The third kappa shape index (κ3) is 3.17. The van der Waals surface area contributed by atoms with Crippen LogP contribution in [-0.4, -0.2) is 18.3 Å². The van der Waals surface area contributed by atoms with Gasteiger partial charge >= 0.3 is 0 Å². The second kappa shape index (κ2) is 7.04. The molecule has 3 aromatic rings. The standard InChI is InChI=1S/C22H21NO2S/c1-14(26-18-11-9-17(25-2)10-12-18)22(24)23-20-13-8-16-7-6-15-4-3-5-19(20)21(15)16/h3-5,8-14H,6-7H2,1-2H3,(H,23,24)/t14-/m1/s1. The van der Waals surface area contributed by atoms with Crippen LogP contribution in [-0.2, 0) is 17.6 Å². The first-order chi connectivity index (χ1) is 12.7. The minimum atomic E-state index is -0.188. The van der Waals surface area contributed by atoms with Gasteiger partial charge in [-0.1, -0.05) is 24.3 Å². The number of methoxy groups -OCH3 is 1.